The van der Waals surface area contributed by atoms with Crippen LogP contribution in [0.4, 0.5) is 0 Å². The van der Waals surface area contributed by atoms with Crippen molar-refractivity contribution in [3.63, 3.8) is 0 Å². The van der Waals surface area contributed by atoms with Gasteiger partial charge in [0.1, 0.15) is 0 Å². The molecule has 0 radical (unpaired) electrons. The summed E-state index contributed by atoms with van der Waals surface area (Å²) in [7, 11) is 6.19. The van der Waals surface area contributed by atoms with Crippen LogP contribution < -0.4 is 10.6 Å². The Bertz CT molecular complexity index is 533. The zero-order chi connectivity index (χ0) is 17.6. The van der Waals surface area contributed by atoms with E-state index in [4.69, 9.17) is 4.99 Å². The van der Waals surface area contributed by atoms with E-state index in [0.717, 1.165) is 31.3 Å². The molecule has 0 atom stereocenters. The fourth-order valence-electron chi connectivity index (χ4n) is 2.78. The van der Waals surface area contributed by atoms with Crippen LogP contribution in [0.5, 0.6) is 0 Å². The summed E-state index contributed by atoms with van der Waals surface area (Å²) in [6.45, 7) is 14.1. The lowest BCUT2D eigenvalue weighted by Gasteiger charge is -2.29. The number of aromatic nitrogens is 2. The third-order valence-electron chi connectivity index (χ3n) is 3.88. The van der Waals surface area contributed by atoms with Gasteiger partial charge >= 0.3 is 0 Å². The van der Waals surface area contributed by atoms with Crippen LogP contribution in [0.15, 0.2) is 4.99 Å². The molecule has 1 aromatic heterocycles. The van der Waals surface area contributed by atoms with Gasteiger partial charge in [0.25, 0.3) is 0 Å². The van der Waals surface area contributed by atoms with Gasteiger partial charge in [-0.15, -0.1) is 24.0 Å². The minimum Gasteiger partial charge on any atom is -0.357 e. The third-order valence-corrected chi connectivity index (χ3v) is 3.88. The molecule has 140 valence electrons. The van der Waals surface area contributed by atoms with E-state index in [1.165, 1.54) is 11.3 Å². The van der Waals surface area contributed by atoms with Crippen molar-refractivity contribution in [1.29, 1.82) is 0 Å². The summed E-state index contributed by atoms with van der Waals surface area (Å²) in [5.74, 6) is 0.863. The Morgan fingerprint density at radius 3 is 2.33 bits per heavy atom. The molecule has 0 bridgehead atoms. The summed E-state index contributed by atoms with van der Waals surface area (Å²) in [4.78, 5) is 6.94. The van der Waals surface area contributed by atoms with Gasteiger partial charge in [-0.05, 0) is 40.3 Å². The number of aryl methyl sites for hydroxylation is 2. The van der Waals surface area contributed by atoms with Gasteiger partial charge in [-0.25, -0.2) is 4.99 Å². The quantitative estimate of drug-likeness (QED) is 0.380. The molecule has 2 N–H and O–H groups in total. The van der Waals surface area contributed by atoms with Crippen molar-refractivity contribution in [3.05, 3.63) is 17.0 Å². The molecular weight excluding hydrogens is 415 g/mol. The Balaban J connectivity index is 0.00000529. The lowest BCUT2D eigenvalue weighted by atomic mass is 9.93. The molecule has 0 amide bonds. The normalized spacial score (nSPS) is 12.3. The maximum atomic E-state index is 4.73. The van der Waals surface area contributed by atoms with Gasteiger partial charge in [0.15, 0.2) is 5.96 Å². The van der Waals surface area contributed by atoms with E-state index in [-0.39, 0.29) is 29.4 Å². The minimum absolute atomic E-state index is 0. The third kappa shape index (κ3) is 7.38. The van der Waals surface area contributed by atoms with E-state index >= 15 is 0 Å². The molecule has 1 rings (SSSR count). The van der Waals surface area contributed by atoms with Crippen LogP contribution in [0, 0.1) is 19.3 Å². The Morgan fingerprint density at radius 1 is 1.25 bits per heavy atom. The number of aliphatic imine (C=N–C) groups is 1. The lowest BCUT2D eigenvalue weighted by molar-refractivity contribution is 0.241. The highest BCUT2D eigenvalue weighted by atomic mass is 127. The van der Waals surface area contributed by atoms with Crippen LogP contribution in [0.2, 0.25) is 0 Å². The van der Waals surface area contributed by atoms with E-state index in [0.29, 0.717) is 6.54 Å². The van der Waals surface area contributed by atoms with Crippen LogP contribution in [-0.2, 0) is 13.6 Å². The Morgan fingerprint density at radius 2 is 1.88 bits per heavy atom. The number of nitrogens with one attached hydrogen (secondary N) is 2. The van der Waals surface area contributed by atoms with Crippen LogP contribution in [0.3, 0.4) is 0 Å². The number of halogens is 1. The SMILES string of the molecule is CCNC(=NCc1c(C)nn(C)c1C)NCC(C)(C)CN(C)C.I. The van der Waals surface area contributed by atoms with Gasteiger partial charge in [-0.1, -0.05) is 13.8 Å². The van der Waals surface area contributed by atoms with E-state index in [1.54, 1.807) is 0 Å². The second-order valence-corrected chi connectivity index (χ2v) is 7.22. The molecule has 0 saturated carbocycles. The fraction of sp³-hybridized carbons (Fsp3) is 0.765. The van der Waals surface area contributed by atoms with Crippen LogP contribution in [0.1, 0.15) is 37.7 Å². The summed E-state index contributed by atoms with van der Waals surface area (Å²) < 4.78 is 1.92. The molecule has 7 heteroatoms. The Hall–Kier alpha value is -0.830. The van der Waals surface area contributed by atoms with Crippen LogP contribution in [0.25, 0.3) is 0 Å². The molecule has 0 spiro atoms. The Kier molecular flexibility index (Phi) is 9.87. The standard InChI is InChI=1S/C17H34N6.HI/c1-9-18-16(20-11-17(4,5)12-22(6)7)19-10-15-13(2)21-23(8)14(15)3;/h9-12H2,1-8H3,(H2,18,19,20);1H. The number of nitrogens with zero attached hydrogens (tertiary/aromatic N) is 4. The topological polar surface area (TPSA) is 57.5 Å². The zero-order valence-corrected chi connectivity index (χ0v) is 18.9. The van der Waals surface area contributed by atoms with Gasteiger partial charge in [0.2, 0.25) is 0 Å². The highest BCUT2D eigenvalue weighted by Crippen LogP contribution is 2.15. The second-order valence-electron chi connectivity index (χ2n) is 7.22. The van der Waals surface area contributed by atoms with Crippen molar-refractivity contribution < 1.29 is 0 Å². The van der Waals surface area contributed by atoms with Crippen LogP contribution in [-0.4, -0.2) is 54.4 Å². The summed E-state index contributed by atoms with van der Waals surface area (Å²) in [5, 5.41) is 11.2. The number of hydrogen-bond donors (Lipinski definition) is 2. The van der Waals surface area contributed by atoms with Crippen molar-refractivity contribution in [3.8, 4) is 0 Å². The highest BCUT2D eigenvalue weighted by Gasteiger charge is 2.19. The molecule has 6 nitrogen and oxygen atoms in total. The van der Waals surface area contributed by atoms with Crippen molar-refractivity contribution in [2.75, 3.05) is 33.7 Å². The zero-order valence-electron chi connectivity index (χ0n) is 16.5. The van der Waals surface area contributed by atoms with Crippen molar-refractivity contribution in [1.82, 2.24) is 25.3 Å². The molecule has 0 saturated heterocycles. The first-order valence-electron chi connectivity index (χ1n) is 8.32. The predicted molar refractivity (Wildman–Crippen MR) is 113 cm³/mol. The number of guanidine groups is 1. The van der Waals surface area contributed by atoms with Crippen molar-refractivity contribution >= 4 is 29.9 Å². The highest BCUT2D eigenvalue weighted by molar-refractivity contribution is 14.0. The second kappa shape index (κ2) is 10.2. The molecular formula is C17H35IN6. The van der Waals surface area contributed by atoms with Gasteiger partial charge in [0.05, 0.1) is 12.2 Å². The van der Waals surface area contributed by atoms with E-state index in [1.807, 2.05) is 18.7 Å². The lowest BCUT2D eigenvalue weighted by Crippen LogP contribution is -2.44. The number of rotatable bonds is 7. The molecule has 0 aliphatic carbocycles. The first-order valence-corrected chi connectivity index (χ1v) is 8.32. The monoisotopic (exact) mass is 450 g/mol. The molecule has 0 unspecified atom stereocenters. The first kappa shape index (κ1) is 23.2. The maximum Gasteiger partial charge on any atom is 0.191 e. The van der Waals surface area contributed by atoms with Gasteiger partial charge in [-0.2, -0.15) is 5.10 Å². The molecule has 0 aliphatic rings. The summed E-state index contributed by atoms with van der Waals surface area (Å²) in [6.07, 6.45) is 0. The Labute approximate surface area is 164 Å². The largest absolute Gasteiger partial charge is 0.357 e. The average Bonchev–Trinajstić information content (AvgIpc) is 2.66. The predicted octanol–water partition coefficient (Wildman–Crippen LogP) is 2.30. The van der Waals surface area contributed by atoms with Crippen LogP contribution >= 0.6 is 24.0 Å². The maximum absolute atomic E-state index is 4.73. The van der Waals surface area contributed by atoms with E-state index in [2.05, 4.69) is 62.4 Å². The van der Waals surface area contributed by atoms with Gasteiger partial charge < -0.3 is 15.5 Å². The van der Waals surface area contributed by atoms with Crippen molar-refractivity contribution in [2.24, 2.45) is 17.5 Å². The summed E-state index contributed by atoms with van der Waals surface area (Å²) in [5.41, 5.74) is 3.62. The first-order chi connectivity index (χ1) is 10.7. The molecule has 24 heavy (non-hydrogen) atoms. The summed E-state index contributed by atoms with van der Waals surface area (Å²) >= 11 is 0. The molecule has 0 fully saturated rings. The minimum atomic E-state index is 0. The van der Waals surface area contributed by atoms with E-state index in [9.17, 15) is 0 Å². The fourth-order valence-corrected chi connectivity index (χ4v) is 2.78. The van der Waals surface area contributed by atoms with E-state index < -0.39 is 0 Å². The summed E-state index contributed by atoms with van der Waals surface area (Å²) in [6, 6.07) is 0. The molecule has 1 heterocycles. The molecule has 0 aromatic carbocycles. The number of hydrogen-bond acceptors (Lipinski definition) is 3. The average molecular weight is 450 g/mol. The van der Waals surface area contributed by atoms with Gasteiger partial charge in [0, 0.05) is 37.9 Å². The van der Waals surface area contributed by atoms with Crippen molar-refractivity contribution in [2.45, 2.75) is 41.2 Å². The van der Waals surface area contributed by atoms with Gasteiger partial charge in [-0.3, -0.25) is 4.68 Å². The molecule has 0 aliphatic heterocycles. The smallest absolute Gasteiger partial charge is 0.191 e. The molecule has 1 aromatic rings.